The van der Waals surface area contributed by atoms with Crippen LogP contribution in [0.1, 0.15) is 48.8 Å². The minimum Gasteiger partial charge on any atom is -0.228 e. The van der Waals surface area contributed by atoms with Gasteiger partial charge in [-0.25, -0.2) is 9.97 Å². The zero-order chi connectivity index (χ0) is 31.8. The van der Waals surface area contributed by atoms with Crippen molar-refractivity contribution in [3.63, 3.8) is 0 Å². The van der Waals surface area contributed by atoms with Gasteiger partial charge in [-0.05, 0) is 119 Å². The molecule has 3 heteroatoms. The molecule has 230 valence electrons. The molecule has 0 saturated heterocycles. The second-order valence-electron chi connectivity index (χ2n) is 14.6. The normalized spacial score (nSPS) is 24.3. The molecule has 5 aliphatic rings. The number of hydrogen-bond acceptors (Lipinski definition) is 3. The monoisotopic (exact) mass is 617 g/mol. The first kappa shape index (κ1) is 27.8. The molecule has 4 fully saturated rings. The summed E-state index contributed by atoms with van der Waals surface area (Å²) in [7, 11) is 0. The molecule has 1 aromatic heterocycles. The fourth-order valence-electron chi connectivity index (χ4n) is 10.4. The van der Waals surface area contributed by atoms with Gasteiger partial charge in [-0.1, -0.05) is 97.1 Å². The molecular weight excluding hydrogens is 583 g/mol. The lowest BCUT2D eigenvalue weighted by molar-refractivity contribution is -0.0399. The van der Waals surface area contributed by atoms with Crippen LogP contribution >= 0.6 is 0 Å². The maximum absolute atomic E-state index is 9.64. The number of hydrogen-bond donors (Lipinski definition) is 0. The van der Waals surface area contributed by atoms with Crippen LogP contribution in [0.25, 0.3) is 56.2 Å². The summed E-state index contributed by atoms with van der Waals surface area (Å²) < 4.78 is 0. The molecule has 0 radical (unpaired) electrons. The van der Waals surface area contributed by atoms with Crippen molar-refractivity contribution in [3.8, 4) is 62.2 Å². The van der Waals surface area contributed by atoms with E-state index in [0.717, 1.165) is 51.3 Å². The molecule has 0 aliphatic heterocycles. The van der Waals surface area contributed by atoms with Crippen LogP contribution in [0.5, 0.6) is 0 Å². The van der Waals surface area contributed by atoms with Gasteiger partial charge in [0.05, 0.1) is 23.0 Å². The van der Waals surface area contributed by atoms with Gasteiger partial charge in [0.1, 0.15) is 0 Å². The highest BCUT2D eigenvalue weighted by Gasteiger charge is 2.61. The smallest absolute Gasteiger partial charge is 0.160 e. The molecule has 6 aromatic rings. The van der Waals surface area contributed by atoms with Crippen LogP contribution in [0.2, 0.25) is 0 Å². The molecule has 0 unspecified atom stereocenters. The summed E-state index contributed by atoms with van der Waals surface area (Å²) in [4.78, 5) is 10.5. The molecule has 4 bridgehead atoms. The van der Waals surface area contributed by atoms with E-state index in [-0.39, 0.29) is 5.41 Å². The first-order chi connectivity index (χ1) is 23.7. The maximum atomic E-state index is 9.64. The minimum absolute atomic E-state index is 0.00372. The molecule has 1 heterocycles. The van der Waals surface area contributed by atoms with E-state index >= 15 is 0 Å². The molecule has 0 amide bonds. The third kappa shape index (κ3) is 4.12. The lowest BCUT2D eigenvalue weighted by Crippen LogP contribution is -2.55. The molecule has 5 aliphatic carbocycles. The van der Waals surface area contributed by atoms with Crippen molar-refractivity contribution < 1.29 is 0 Å². The third-order valence-electron chi connectivity index (χ3n) is 12.1. The molecule has 4 saturated carbocycles. The van der Waals surface area contributed by atoms with E-state index in [1.807, 2.05) is 18.2 Å². The van der Waals surface area contributed by atoms with Gasteiger partial charge in [0, 0.05) is 22.1 Å². The molecule has 5 aromatic carbocycles. The first-order valence-corrected chi connectivity index (χ1v) is 17.5. The summed E-state index contributed by atoms with van der Waals surface area (Å²) in [6.07, 6.45) is 6.71. The van der Waals surface area contributed by atoms with Crippen molar-refractivity contribution in [1.29, 1.82) is 5.26 Å². The quantitative estimate of drug-likeness (QED) is 0.198. The largest absolute Gasteiger partial charge is 0.228 e. The Morgan fingerprint density at radius 2 is 1.02 bits per heavy atom. The molecule has 3 nitrogen and oxygen atoms in total. The standard InChI is InChI=1S/C45H35N3/c46-27-28-8-7-13-33(19-28)34-14-16-38-39-17-15-35(25-41(39)45(40(38)24-34)36-20-29-18-30(22-36)23-37(45)21-29)44-47-42(31-9-3-1-4-10-31)26-43(48-44)32-11-5-2-6-12-32/h1-17,19,24-26,29-30,36-37H,18,20-23H2. The highest BCUT2D eigenvalue weighted by molar-refractivity contribution is 5.87. The van der Waals surface area contributed by atoms with Gasteiger partial charge in [0.15, 0.2) is 5.82 Å². The Bertz CT molecular complexity index is 2180. The Balaban J connectivity index is 1.17. The summed E-state index contributed by atoms with van der Waals surface area (Å²) in [5, 5.41) is 9.64. The summed E-state index contributed by atoms with van der Waals surface area (Å²) in [6.45, 7) is 0. The van der Waals surface area contributed by atoms with E-state index in [1.54, 1.807) is 0 Å². The first-order valence-electron chi connectivity index (χ1n) is 17.5. The van der Waals surface area contributed by atoms with E-state index < -0.39 is 0 Å². The number of aromatic nitrogens is 2. The number of rotatable bonds is 4. The highest BCUT2D eigenvalue weighted by atomic mass is 14.9. The van der Waals surface area contributed by atoms with Gasteiger partial charge in [-0.3, -0.25) is 0 Å². The second-order valence-corrected chi connectivity index (χ2v) is 14.6. The van der Waals surface area contributed by atoms with Gasteiger partial charge in [0.25, 0.3) is 0 Å². The van der Waals surface area contributed by atoms with Gasteiger partial charge >= 0.3 is 0 Å². The average Bonchev–Trinajstić information content (AvgIpc) is 3.43. The number of nitrogens with zero attached hydrogens (tertiary/aromatic N) is 3. The topological polar surface area (TPSA) is 49.6 Å². The molecule has 1 spiro atoms. The van der Waals surface area contributed by atoms with Gasteiger partial charge in [0.2, 0.25) is 0 Å². The predicted molar refractivity (Wildman–Crippen MR) is 192 cm³/mol. The summed E-state index contributed by atoms with van der Waals surface area (Å²) in [5.74, 6) is 3.79. The van der Waals surface area contributed by atoms with Crippen LogP contribution in [0, 0.1) is 35.0 Å². The van der Waals surface area contributed by atoms with Gasteiger partial charge < -0.3 is 0 Å². The van der Waals surface area contributed by atoms with E-state index in [1.165, 1.54) is 59.9 Å². The van der Waals surface area contributed by atoms with E-state index in [9.17, 15) is 5.26 Å². The SMILES string of the molecule is N#Cc1cccc(-c2ccc3c(c2)C2(c4cc(-c5nc(-c6ccccc6)cc(-c6ccccc6)n5)ccc4-3)C3CC4CC(C3)CC2C4)c1. The predicted octanol–water partition coefficient (Wildman–Crippen LogP) is 10.7. The van der Waals surface area contributed by atoms with Crippen LogP contribution in [0.15, 0.2) is 127 Å². The third-order valence-corrected chi connectivity index (χ3v) is 12.1. The van der Waals surface area contributed by atoms with Crippen molar-refractivity contribution in [2.75, 3.05) is 0 Å². The fraction of sp³-hybridized carbons (Fsp3) is 0.222. The number of nitriles is 1. The van der Waals surface area contributed by atoms with Gasteiger partial charge in [-0.15, -0.1) is 0 Å². The van der Waals surface area contributed by atoms with Gasteiger partial charge in [-0.2, -0.15) is 5.26 Å². The zero-order valence-corrected chi connectivity index (χ0v) is 26.8. The van der Waals surface area contributed by atoms with E-state index in [2.05, 4.69) is 115 Å². The molecular formula is C45H35N3. The maximum Gasteiger partial charge on any atom is 0.160 e. The van der Waals surface area contributed by atoms with Crippen LogP contribution in [0.3, 0.4) is 0 Å². The highest BCUT2D eigenvalue weighted by Crippen LogP contribution is 2.69. The average molecular weight is 618 g/mol. The summed E-state index contributed by atoms with van der Waals surface area (Å²) in [5.41, 5.74) is 13.9. The summed E-state index contributed by atoms with van der Waals surface area (Å²) >= 11 is 0. The van der Waals surface area contributed by atoms with Crippen molar-refractivity contribution >= 4 is 0 Å². The van der Waals surface area contributed by atoms with E-state index in [4.69, 9.17) is 9.97 Å². The Morgan fingerprint density at radius 1 is 0.500 bits per heavy atom. The number of fused-ring (bicyclic) bond motifs is 3. The minimum atomic E-state index is -0.00372. The Hall–Kier alpha value is -5.33. The van der Waals surface area contributed by atoms with Crippen molar-refractivity contribution in [2.24, 2.45) is 23.7 Å². The second kappa shape index (κ2) is 10.6. The molecule has 48 heavy (non-hydrogen) atoms. The van der Waals surface area contributed by atoms with Crippen LogP contribution in [-0.4, -0.2) is 9.97 Å². The van der Waals surface area contributed by atoms with Crippen molar-refractivity contribution in [2.45, 2.75) is 37.5 Å². The van der Waals surface area contributed by atoms with E-state index in [0.29, 0.717) is 17.4 Å². The number of benzene rings is 5. The molecule has 0 N–H and O–H groups in total. The lowest BCUT2D eigenvalue weighted by atomic mass is 9.43. The van der Waals surface area contributed by atoms with Crippen molar-refractivity contribution in [1.82, 2.24) is 9.97 Å². The zero-order valence-electron chi connectivity index (χ0n) is 26.8. The van der Waals surface area contributed by atoms with Crippen molar-refractivity contribution in [3.05, 3.63) is 144 Å². The fourth-order valence-corrected chi connectivity index (χ4v) is 10.4. The Kier molecular flexibility index (Phi) is 6.12. The van der Waals surface area contributed by atoms with Crippen LogP contribution in [0.4, 0.5) is 0 Å². The van der Waals surface area contributed by atoms with Crippen LogP contribution < -0.4 is 0 Å². The summed E-state index contributed by atoms with van der Waals surface area (Å²) in [6, 6.07) is 47.7. The molecule has 0 atom stereocenters. The molecule has 11 rings (SSSR count). The Morgan fingerprint density at radius 3 is 1.60 bits per heavy atom. The van der Waals surface area contributed by atoms with Crippen LogP contribution in [-0.2, 0) is 5.41 Å². The lowest BCUT2D eigenvalue weighted by Gasteiger charge is -2.61. The Labute approximate surface area is 282 Å².